The van der Waals surface area contributed by atoms with Gasteiger partial charge in [-0.3, -0.25) is 0 Å². The molecular weight excluding hydrogens is 276 g/mol. The first-order valence-corrected chi connectivity index (χ1v) is 7.84. The lowest BCUT2D eigenvalue weighted by Gasteiger charge is -2.13. The van der Waals surface area contributed by atoms with E-state index in [2.05, 4.69) is 35.9 Å². The molecule has 2 aromatic carbocycles. The van der Waals surface area contributed by atoms with E-state index in [1.165, 1.54) is 22.3 Å². The van der Waals surface area contributed by atoms with E-state index >= 15 is 0 Å². The van der Waals surface area contributed by atoms with Crippen molar-refractivity contribution in [3.63, 3.8) is 0 Å². The van der Waals surface area contributed by atoms with Crippen LogP contribution in [0.1, 0.15) is 17.0 Å². The number of carbonyl (C=O) groups is 1. The molecule has 0 aliphatic heterocycles. The minimum absolute atomic E-state index is 0.122. The molecule has 0 bridgehead atoms. The molecular formula is C15H12O2S2. The number of hydrogen-bond acceptors (Lipinski definition) is 4. The normalized spacial score (nSPS) is 12.9. The fraction of sp³-hybridized carbons (Fsp3) is 0.133. The summed E-state index contributed by atoms with van der Waals surface area (Å²) in [6, 6.07) is 16.5. The maximum Gasteiger partial charge on any atom is 0.377 e. The van der Waals surface area contributed by atoms with Crippen LogP contribution < -0.4 is 0 Å². The first-order chi connectivity index (χ1) is 9.31. The van der Waals surface area contributed by atoms with Gasteiger partial charge in [-0.15, -0.1) is 0 Å². The maximum atomic E-state index is 11.3. The van der Waals surface area contributed by atoms with Gasteiger partial charge in [0.1, 0.15) is 6.61 Å². The summed E-state index contributed by atoms with van der Waals surface area (Å²) in [6.07, 6.45) is 0. The summed E-state index contributed by atoms with van der Waals surface area (Å²) in [7, 11) is 0.804. The van der Waals surface area contributed by atoms with E-state index in [4.69, 9.17) is 4.74 Å². The number of ether oxygens (including phenoxy) is 1. The minimum Gasteiger partial charge on any atom is -0.456 e. The van der Waals surface area contributed by atoms with Crippen LogP contribution in [0.4, 0.5) is 4.79 Å². The average Bonchev–Trinajstić information content (AvgIpc) is 2.79. The Morgan fingerprint density at radius 1 is 1.05 bits per heavy atom. The summed E-state index contributed by atoms with van der Waals surface area (Å²) in [4.78, 5) is 11.3. The van der Waals surface area contributed by atoms with E-state index in [0.29, 0.717) is 6.61 Å². The van der Waals surface area contributed by atoms with Crippen molar-refractivity contribution in [1.29, 1.82) is 0 Å². The lowest BCUT2D eigenvalue weighted by molar-refractivity contribution is 0.172. The van der Waals surface area contributed by atoms with Crippen molar-refractivity contribution >= 4 is 27.8 Å². The van der Waals surface area contributed by atoms with Crippen molar-refractivity contribution in [3.05, 3.63) is 59.7 Å². The van der Waals surface area contributed by atoms with Crippen LogP contribution in [-0.2, 0) is 4.74 Å². The highest BCUT2D eigenvalue weighted by atomic mass is 33.1. The summed E-state index contributed by atoms with van der Waals surface area (Å²) in [6.45, 7) is 0.362. The Hall–Kier alpha value is -1.39. The molecule has 0 spiro atoms. The Balaban J connectivity index is 1.98. The molecule has 19 heavy (non-hydrogen) atoms. The molecule has 0 fully saturated rings. The van der Waals surface area contributed by atoms with Crippen molar-refractivity contribution in [2.24, 2.45) is 0 Å². The van der Waals surface area contributed by atoms with Gasteiger partial charge in [0.05, 0.1) is 0 Å². The topological polar surface area (TPSA) is 26.3 Å². The van der Waals surface area contributed by atoms with Gasteiger partial charge in [-0.2, -0.15) is 0 Å². The quantitative estimate of drug-likeness (QED) is 0.500. The molecule has 0 saturated carbocycles. The summed E-state index contributed by atoms with van der Waals surface area (Å²) >= 11 is 3.85. The van der Waals surface area contributed by atoms with Crippen molar-refractivity contribution in [1.82, 2.24) is 0 Å². The Labute approximate surface area is 121 Å². The molecule has 0 amide bonds. The Morgan fingerprint density at radius 2 is 1.58 bits per heavy atom. The molecule has 0 aromatic heterocycles. The van der Waals surface area contributed by atoms with Crippen molar-refractivity contribution < 1.29 is 9.53 Å². The molecule has 96 valence electrons. The highest BCUT2D eigenvalue weighted by molar-refractivity contribution is 8.74. The third-order valence-corrected chi connectivity index (χ3v) is 4.12. The van der Waals surface area contributed by atoms with E-state index in [0.717, 1.165) is 10.8 Å². The molecule has 1 aliphatic rings. The zero-order valence-corrected chi connectivity index (χ0v) is 11.8. The van der Waals surface area contributed by atoms with E-state index < -0.39 is 0 Å². The van der Waals surface area contributed by atoms with Crippen LogP contribution >= 0.6 is 22.5 Å². The average molecular weight is 288 g/mol. The monoisotopic (exact) mass is 288 g/mol. The van der Waals surface area contributed by atoms with Crippen LogP contribution in [0, 0.1) is 0 Å². The van der Waals surface area contributed by atoms with Gasteiger partial charge in [-0.1, -0.05) is 60.2 Å². The number of thiol groups is 1. The standard InChI is InChI=1S/C15H12O2S2/c16-15(19-18)17-9-14-12-7-3-1-5-10(12)11-6-2-4-8-13(11)14/h1-8,14,18H,9H2. The third-order valence-electron chi connectivity index (χ3n) is 3.40. The molecule has 0 unspecified atom stereocenters. The van der Waals surface area contributed by atoms with E-state index in [9.17, 15) is 4.79 Å². The Kier molecular flexibility index (Phi) is 3.53. The number of rotatable bonds is 2. The lowest BCUT2D eigenvalue weighted by atomic mass is 9.98. The van der Waals surface area contributed by atoms with Gasteiger partial charge in [0.2, 0.25) is 0 Å². The molecule has 2 nitrogen and oxygen atoms in total. The van der Waals surface area contributed by atoms with Crippen LogP contribution in [0.25, 0.3) is 11.1 Å². The smallest absolute Gasteiger partial charge is 0.377 e. The second-order valence-electron chi connectivity index (χ2n) is 4.38. The minimum atomic E-state index is -0.356. The van der Waals surface area contributed by atoms with Gasteiger partial charge in [0.15, 0.2) is 0 Å². The zero-order chi connectivity index (χ0) is 13.2. The number of benzene rings is 2. The molecule has 2 aromatic rings. The van der Waals surface area contributed by atoms with Crippen molar-refractivity contribution in [2.45, 2.75) is 5.92 Å². The first kappa shape index (κ1) is 12.6. The van der Waals surface area contributed by atoms with E-state index in [1.54, 1.807) is 0 Å². The van der Waals surface area contributed by atoms with Crippen molar-refractivity contribution in [2.75, 3.05) is 6.61 Å². The summed E-state index contributed by atoms with van der Waals surface area (Å²) in [5.41, 5.74) is 4.91. The highest BCUT2D eigenvalue weighted by Crippen LogP contribution is 2.44. The van der Waals surface area contributed by atoms with Gasteiger partial charge >= 0.3 is 5.30 Å². The molecule has 0 atom stereocenters. The van der Waals surface area contributed by atoms with Gasteiger partial charge in [-0.25, -0.2) is 4.79 Å². The van der Waals surface area contributed by atoms with E-state index in [1.807, 2.05) is 24.3 Å². The van der Waals surface area contributed by atoms with Gasteiger partial charge in [0.25, 0.3) is 0 Å². The summed E-state index contributed by atoms with van der Waals surface area (Å²) < 4.78 is 5.24. The zero-order valence-electron chi connectivity index (χ0n) is 10.1. The van der Waals surface area contributed by atoms with E-state index in [-0.39, 0.29) is 11.2 Å². The van der Waals surface area contributed by atoms with Crippen molar-refractivity contribution in [3.8, 4) is 11.1 Å². The molecule has 0 N–H and O–H groups in total. The van der Waals surface area contributed by atoms with Crippen LogP contribution in [0.5, 0.6) is 0 Å². The predicted octanol–water partition coefficient (Wildman–Crippen LogP) is 4.51. The molecule has 0 saturated heterocycles. The molecule has 0 heterocycles. The fourth-order valence-corrected chi connectivity index (χ4v) is 2.90. The SMILES string of the molecule is O=C(OCC1c2ccccc2-c2ccccc21)SS. The Morgan fingerprint density at radius 3 is 2.11 bits per heavy atom. The largest absolute Gasteiger partial charge is 0.456 e. The molecule has 1 aliphatic carbocycles. The molecule has 0 radical (unpaired) electrons. The number of fused-ring (bicyclic) bond motifs is 3. The van der Waals surface area contributed by atoms with Gasteiger partial charge < -0.3 is 4.74 Å². The lowest BCUT2D eigenvalue weighted by Crippen LogP contribution is -2.08. The van der Waals surface area contributed by atoms with Gasteiger partial charge in [-0.05, 0) is 22.3 Å². The molecule has 4 heteroatoms. The number of hydrogen-bond donors (Lipinski definition) is 1. The second-order valence-corrected chi connectivity index (χ2v) is 5.44. The first-order valence-electron chi connectivity index (χ1n) is 5.97. The Bertz CT molecular complexity index is 580. The second kappa shape index (κ2) is 5.31. The third kappa shape index (κ3) is 2.26. The molecule has 3 rings (SSSR count). The number of carbonyl (C=O) groups excluding carboxylic acids is 1. The van der Waals surface area contributed by atoms with Crippen LogP contribution in [-0.4, -0.2) is 11.9 Å². The predicted molar refractivity (Wildman–Crippen MR) is 81.6 cm³/mol. The maximum absolute atomic E-state index is 11.3. The van der Waals surface area contributed by atoms with Crippen LogP contribution in [0.2, 0.25) is 0 Å². The summed E-state index contributed by atoms with van der Waals surface area (Å²) in [5.74, 6) is 0.122. The highest BCUT2D eigenvalue weighted by Gasteiger charge is 2.28. The van der Waals surface area contributed by atoms with Crippen LogP contribution in [0.15, 0.2) is 48.5 Å². The summed E-state index contributed by atoms with van der Waals surface area (Å²) in [5, 5.41) is -0.356. The fourth-order valence-electron chi connectivity index (χ4n) is 2.62. The van der Waals surface area contributed by atoms with Gasteiger partial charge in [0, 0.05) is 16.7 Å². The van der Waals surface area contributed by atoms with Crippen LogP contribution in [0.3, 0.4) is 0 Å².